The minimum atomic E-state index is -4.49. The van der Waals surface area contributed by atoms with Gasteiger partial charge < -0.3 is 0 Å². The van der Waals surface area contributed by atoms with E-state index in [-0.39, 0.29) is 5.56 Å². The van der Waals surface area contributed by atoms with Crippen LogP contribution in [0.5, 0.6) is 0 Å². The van der Waals surface area contributed by atoms with E-state index in [9.17, 15) is 18.0 Å². The first-order chi connectivity index (χ1) is 10.4. The monoisotopic (exact) mass is 307 g/mol. The Kier molecular flexibility index (Phi) is 4.55. The van der Waals surface area contributed by atoms with E-state index < -0.39 is 17.6 Å². The lowest BCUT2D eigenvalue weighted by Gasteiger charge is -2.08. The normalized spacial score (nSPS) is 12.1. The van der Waals surface area contributed by atoms with Gasteiger partial charge in [0.15, 0.2) is 0 Å². The molecule has 0 unspecified atom stereocenters. The molecule has 0 spiro atoms. The van der Waals surface area contributed by atoms with Crippen LogP contribution in [0, 0.1) is 0 Å². The second kappa shape index (κ2) is 6.38. The molecule has 114 valence electrons. The number of aromatic nitrogens is 1. The summed E-state index contributed by atoms with van der Waals surface area (Å²) in [4.78, 5) is 15.8. The molecule has 0 aliphatic rings. The number of hydrogen-bond donors (Lipinski definition) is 1. The number of nitrogens with one attached hydrogen (secondary N) is 1. The highest BCUT2D eigenvalue weighted by Gasteiger charge is 2.30. The van der Waals surface area contributed by atoms with Crippen LogP contribution in [-0.4, -0.2) is 16.6 Å². The standard InChI is InChI=1S/C15H12F3N3O/c1-10(12-5-3-7-19-9-12)20-21-14(22)11-4-2-6-13(8-11)15(16,17)18/h2-9H,1H3,(H,21,22). The van der Waals surface area contributed by atoms with E-state index in [1.54, 1.807) is 31.5 Å². The molecule has 7 heteroatoms. The summed E-state index contributed by atoms with van der Waals surface area (Å²) in [6.07, 6.45) is -1.33. The second-order valence-corrected chi connectivity index (χ2v) is 4.46. The van der Waals surface area contributed by atoms with Gasteiger partial charge in [0.1, 0.15) is 0 Å². The van der Waals surface area contributed by atoms with Crippen LogP contribution < -0.4 is 5.43 Å². The minimum absolute atomic E-state index is 0.113. The summed E-state index contributed by atoms with van der Waals surface area (Å²) in [6, 6.07) is 7.62. The highest BCUT2D eigenvalue weighted by Crippen LogP contribution is 2.29. The molecule has 0 fully saturated rings. The van der Waals surface area contributed by atoms with Gasteiger partial charge >= 0.3 is 6.18 Å². The molecule has 1 heterocycles. The smallest absolute Gasteiger partial charge is 0.267 e. The predicted molar refractivity (Wildman–Crippen MR) is 75.4 cm³/mol. The molecule has 1 aromatic carbocycles. The van der Waals surface area contributed by atoms with Crippen LogP contribution in [0.1, 0.15) is 28.4 Å². The van der Waals surface area contributed by atoms with E-state index in [1.165, 1.54) is 12.1 Å². The Morgan fingerprint density at radius 1 is 1.18 bits per heavy atom. The minimum Gasteiger partial charge on any atom is -0.267 e. The summed E-state index contributed by atoms with van der Waals surface area (Å²) < 4.78 is 37.8. The van der Waals surface area contributed by atoms with Crippen molar-refractivity contribution < 1.29 is 18.0 Å². The van der Waals surface area contributed by atoms with Crippen LogP contribution in [0.3, 0.4) is 0 Å². The largest absolute Gasteiger partial charge is 0.416 e. The Hall–Kier alpha value is -2.70. The summed E-state index contributed by atoms with van der Waals surface area (Å²) in [7, 11) is 0. The third-order valence-corrected chi connectivity index (χ3v) is 2.86. The van der Waals surface area contributed by atoms with Crippen LogP contribution in [-0.2, 0) is 6.18 Å². The Bertz CT molecular complexity index is 697. The van der Waals surface area contributed by atoms with Crippen molar-refractivity contribution in [3.05, 3.63) is 65.5 Å². The number of benzene rings is 1. The lowest BCUT2D eigenvalue weighted by molar-refractivity contribution is -0.137. The van der Waals surface area contributed by atoms with Gasteiger partial charge in [0.2, 0.25) is 0 Å². The summed E-state index contributed by atoms with van der Waals surface area (Å²) >= 11 is 0. The van der Waals surface area contributed by atoms with Crippen LogP contribution in [0.4, 0.5) is 13.2 Å². The number of hydrazone groups is 1. The van der Waals surface area contributed by atoms with Crippen molar-refractivity contribution in [2.75, 3.05) is 0 Å². The van der Waals surface area contributed by atoms with Gasteiger partial charge in [-0.2, -0.15) is 18.3 Å². The fraction of sp³-hybridized carbons (Fsp3) is 0.133. The summed E-state index contributed by atoms with van der Waals surface area (Å²) in [5.74, 6) is -0.714. The molecule has 2 rings (SSSR count). The quantitative estimate of drug-likeness (QED) is 0.699. The molecule has 0 aliphatic heterocycles. The Balaban J connectivity index is 2.13. The maximum Gasteiger partial charge on any atom is 0.416 e. The Morgan fingerprint density at radius 3 is 2.55 bits per heavy atom. The van der Waals surface area contributed by atoms with Gasteiger partial charge in [-0.15, -0.1) is 0 Å². The van der Waals surface area contributed by atoms with Crippen molar-refractivity contribution in [1.29, 1.82) is 0 Å². The lowest BCUT2D eigenvalue weighted by Crippen LogP contribution is -2.20. The van der Waals surface area contributed by atoms with Gasteiger partial charge in [-0.05, 0) is 31.2 Å². The third-order valence-electron chi connectivity index (χ3n) is 2.86. The fourth-order valence-corrected chi connectivity index (χ4v) is 1.68. The van der Waals surface area contributed by atoms with Gasteiger partial charge in [0.25, 0.3) is 5.91 Å². The van der Waals surface area contributed by atoms with Crippen molar-refractivity contribution in [2.24, 2.45) is 5.10 Å². The van der Waals surface area contributed by atoms with Gasteiger partial charge in [0, 0.05) is 23.5 Å². The Labute approximate surface area is 124 Å². The molecule has 4 nitrogen and oxygen atoms in total. The summed E-state index contributed by atoms with van der Waals surface area (Å²) in [5.41, 5.74) is 2.43. The average molecular weight is 307 g/mol. The molecule has 0 aliphatic carbocycles. The highest BCUT2D eigenvalue weighted by atomic mass is 19.4. The van der Waals surface area contributed by atoms with Crippen molar-refractivity contribution in [2.45, 2.75) is 13.1 Å². The highest BCUT2D eigenvalue weighted by molar-refractivity contribution is 6.00. The number of pyridine rings is 1. The number of carbonyl (C=O) groups excluding carboxylic acids is 1. The predicted octanol–water partition coefficient (Wildman–Crippen LogP) is 3.25. The molecule has 1 N–H and O–H groups in total. The van der Waals surface area contributed by atoms with Gasteiger partial charge in [0.05, 0.1) is 11.3 Å². The van der Waals surface area contributed by atoms with Crippen molar-refractivity contribution in [3.8, 4) is 0 Å². The molecule has 22 heavy (non-hydrogen) atoms. The molecule has 0 atom stereocenters. The van der Waals surface area contributed by atoms with E-state index in [2.05, 4.69) is 15.5 Å². The number of hydrogen-bond acceptors (Lipinski definition) is 3. The van der Waals surface area contributed by atoms with E-state index >= 15 is 0 Å². The SMILES string of the molecule is CC(=NNC(=O)c1cccc(C(F)(F)F)c1)c1cccnc1. The molecular weight excluding hydrogens is 295 g/mol. The fourth-order valence-electron chi connectivity index (χ4n) is 1.68. The van der Waals surface area contributed by atoms with Crippen molar-refractivity contribution >= 4 is 11.6 Å². The number of rotatable bonds is 3. The zero-order chi connectivity index (χ0) is 16.2. The molecule has 0 radical (unpaired) electrons. The first-order valence-corrected chi connectivity index (χ1v) is 6.30. The lowest BCUT2D eigenvalue weighted by atomic mass is 10.1. The maximum absolute atomic E-state index is 12.6. The first-order valence-electron chi connectivity index (χ1n) is 6.30. The zero-order valence-electron chi connectivity index (χ0n) is 11.6. The molecule has 0 saturated carbocycles. The maximum atomic E-state index is 12.6. The van der Waals surface area contributed by atoms with E-state index in [1.807, 2.05) is 0 Å². The van der Waals surface area contributed by atoms with Crippen LogP contribution >= 0.6 is 0 Å². The number of alkyl halides is 3. The van der Waals surface area contributed by atoms with E-state index in [0.29, 0.717) is 11.3 Å². The molecule has 1 aromatic heterocycles. The zero-order valence-corrected chi connectivity index (χ0v) is 11.6. The van der Waals surface area contributed by atoms with Crippen molar-refractivity contribution in [3.63, 3.8) is 0 Å². The molecule has 1 amide bonds. The van der Waals surface area contributed by atoms with E-state index in [0.717, 1.165) is 12.1 Å². The number of halogens is 3. The number of nitrogens with zero attached hydrogens (tertiary/aromatic N) is 2. The average Bonchev–Trinajstić information content (AvgIpc) is 2.52. The molecule has 0 bridgehead atoms. The molecular formula is C15H12F3N3O. The number of carbonyl (C=O) groups is 1. The van der Waals surface area contributed by atoms with Gasteiger partial charge in [-0.3, -0.25) is 9.78 Å². The van der Waals surface area contributed by atoms with Gasteiger partial charge in [-0.1, -0.05) is 12.1 Å². The summed E-state index contributed by atoms with van der Waals surface area (Å²) in [6.45, 7) is 1.66. The van der Waals surface area contributed by atoms with Crippen LogP contribution in [0.15, 0.2) is 53.9 Å². The van der Waals surface area contributed by atoms with Crippen LogP contribution in [0.2, 0.25) is 0 Å². The summed E-state index contributed by atoms with van der Waals surface area (Å²) in [5, 5.41) is 3.86. The van der Waals surface area contributed by atoms with Gasteiger partial charge in [-0.25, -0.2) is 5.43 Å². The molecule has 2 aromatic rings. The van der Waals surface area contributed by atoms with Crippen molar-refractivity contribution in [1.82, 2.24) is 10.4 Å². The third kappa shape index (κ3) is 3.91. The Morgan fingerprint density at radius 2 is 1.91 bits per heavy atom. The van der Waals surface area contributed by atoms with Crippen LogP contribution in [0.25, 0.3) is 0 Å². The second-order valence-electron chi connectivity index (χ2n) is 4.46. The first kappa shape index (κ1) is 15.7. The topological polar surface area (TPSA) is 54.4 Å². The molecule has 0 saturated heterocycles. The number of amides is 1. The van der Waals surface area contributed by atoms with E-state index in [4.69, 9.17) is 0 Å².